The highest BCUT2D eigenvalue weighted by atomic mass is 16.6. The van der Waals surface area contributed by atoms with Gasteiger partial charge in [0.15, 0.2) is 6.61 Å². The zero-order valence-corrected chi connectivity index (χ0v) is 11.9. The molecule has 7 heteroatoms. The van der Waals surface area contributed by atoms with Crippen LogP contribution in [0.5, 0.6) is 5.75 Å². The standard InChI is InChI=1S/C14H20N2O5/c1-2-11(6-7-17)9-15-14(18)10-21-13-5-3-4-12(8-13)16(19)20/h3-5,8,11,17H,2,6-7,9-10H2,1H3,(H,15,18). The Kier molecular flexibility index (Phi) is 7.17. The number of benzene rings is 1. The van der Waals surface area contributed by atoms with E-state index in [4.69, 9.17) is 9.84 Å². The maximum absolute atomic E-state index is 11.6. The zero-order chi connectivity index (χ0) is 15.7. The van der Waals surface area contributed by atoms with Gasteiger partial charge in [-0.05, 0) is 18.4 Å². The van der Waals surface area contributed by atoms with Crippen molar-refractivity contribution in [1.82, 2.24) is 5.32 Å². The molecule has 1 unspecified atom stereocenters. The minimum atomic E-state index is -0.520. The molecule has 21 heavy (non-hydrogen) atoms. The molecule has 0 aromatic heterocycles. The van der Waals surface area contributed by atoms with E-state index in [0.29, 0.717) is 13.0 Å². The Hall–Kier alpha value is -2.15. The fourth-order valence-corrected chi connectivity index (χ4v) is 1.78. The first-order valence-corrected chi connectivity index (χ1v) is 6.81. The van der Waals surface area contributed by atoms with E-state index in [1.54, 1.807) is 6.07 Å². The normalized spacial score (nSPS) is 11.7. The number of nitrogens with zero attached hydrogens (tertiary/aromatic N) is 1. The third-order valence-electron chi connectivity index (χ3n) is 3.10. The Morgan fingerprint density at radius 3 is 2.90 bits per heavy atom. The highest BCUT2D eigenvalue weighted by Crippen LogP contribution is 2.18. The summed E-state index contributed by atoms with van der Waals surface area (Å²) in [5.41, 5.74) is -0.0816. The summed E-state index contributed by atoms with van der Waals surface area (Å²) in [7, 11) is 0. The van der Waals surface area contributed by atoms with E-state index in [0.717, 1.165) is 6.42 Å². The number of ether oxygens (including phenoxy) is 1. The van der Waals surface area contributed by atoms with Crippen molar-refractivity contribution in [3.63, 3.8) is 0 Å². The van der Waals surface area contributed by atoms with Crippen LogP contribution in [0.15, 0.2) is 24.3 Å². The fraction of sp³-hybridized carbons (Fsp3) is 0.500. The molecule has 0 bridgehead atoms. The van der Waals surface area contributed by atoms with Gasteiger partial charge in [0.25, 0.3) is 11.6 Å². The van der Waals surface area contributed by atoms with E-state index in [2.05, 4.69) is 5.32 Å². The Morgan fingerprint density at radius 1 is 1.52 bits per heavy atom. The van der Waals surface area contributed by atoms with Gasteiger partial charge in [-0.25, -0.2) is 0 Å². The van der Waals surface area contributed by atoms with Crippen LogP contribution in [0, 0.1) is 16.0 Å². The molecule has 0 heterocycles. The number of non-ortho nitro benzene ring substituents is 1. The van der Waals surface area contributed by atoms with Crippen LogP contribution in [-0.4, -0.2) is 35.7 Å². The molecule has 1 aromatic rings. The number of hydrogen-bond donors (Lipinski definition) is 2. The van der Waals surface area contributed by atoms with Crippen molar-refractivity contribution < 1.29 is 19.6 Å². The summed E-state index contributed by atoms with van der Waals surface area (Å²) in [6.45, 7) is 2.37. The third-order valence-corrected chi connectivity index (χ3v) is 3.10. The number of nitrogens with one attached hydrogen (secondary N) is 1. The van der Waals surface area contributed by atoms with Crippen LogP contribution in [0.3, 0.4) is 0 Å². The van der Waals surface area contributed by atoms with E-state index in [1.165, 1.54) is 18.2 Å². The summed E-state index contributed by atoms with van der Waals surface area (Å²) in [6.07, 6.45) is 1.51. The molecule has 0 fully saturated rings. The molecule has 0 aliphatic heterocycles. The summed E-state index contributed by atoms with van der Waals surface area (Å²) >= 11 is 0. The molecular formula is C14H20N2O5. The van der Waals surface area contributed by atoms with Gasteiger partial charge in [-0.15, -0.1) is 0 Å². The fourth-order valence-electron chi connectivity index (χ4n) is 1.78. The molecule has 0 radical (unpaired) electrons. The van der Waals surface area contributed by atoms with Crippen LogP contribution in [0.1, 0.15) is 19.8 Å². The first kappa shape index (κ1) is 16.9. The predicted molar refractivity (Wildman–Crippen MR) is 77.1 cm³/mol. The van der Waals surface area contributed by atoms with Gasteiger partial charge in [-0.1, -0.05) is 19.4 Å². The van der Waals surface area contributed by atoms with E-state index in [1.807, 2.05) is 6.92 Å². The molecule has 0 saturated heterocycles. The molecular weight excluding hydrogens is 276 g/mol. The second kappa shape index (κ2) is 8.91. The molecule has 1 amide bonds. The number of rotatable bonds is 9. The average molecular weight is 296 g/mol. The first-order chi connectivity index (χ1) is 10.1. The lowest BCUT2D eigenvalue weighted by Crippen LogP contribution is -2.33. The number of aliphatic hydroxyl groups excluding tert-OH is 1. The molecule has 0 aliphatic carbocycles. The van der Waals surface area contributed by atoms with Crippen LogP contribution in [0.2, 0.25) is 0 Å². The summed E-state index contributed by atoms with van der Waals surface area (Å²) in [5, 5.41) is 22.2. The SMILES string of the molecule is CCC(CCO)CNC(=O)COc1cccc([N+](=O)[O-])c1. The van der Waals surface area contributed by atoms with Gasteiger partial charge in [-0.3, -0.25) is 14.9 Å². The number of carbonyl (C=O) groups is 1. The largest absolute Gasteiger partial charge is 0.484 e. The zero-order valence-electron chi connectivity index (χ0n) is 11.9. The quantitative estimate of drug-likeness (QED) is 0.531. The molecule has 0 spiro atoms. The minimum Gasteiger partial charge on any atom is -0.484 e. The Morgan fingerprint density at radius 2 is 2.29 bits per heavy atom. The molecule has 2 N–H and O–H groups in total. The third kappa shape index (κ3) is 6.22. The molecule has 116 valence electrons. The highest BCUT2D eigenvalue weighted by molar-refractivity contribution is 5.77. The first-order valence-electron chi connectivity index (χ1n) is 6.81. The van der Waals surface area contributed by atoms with E-state index < -0.39 is 4.92 Å². The van der Waals surface area contributed by atoms with Gasteiger partial charge in [0.2, 0.25) is 0 Å². The summed E-state index contributed by atoms with van der Waals surface area (Å²) in [4.78, 5) is 21.7. The van der Waals surface area contributed by atoms with E-state index >= 15 is 0 Å². The Bertz CT molecular complexity index is 478. The maximum Gasteiger partial charge on any atom is 0.273 e. The van der Waals surface area contributed by atoms with Crippen LogP contribution < -0.4 is 10.1 Å². The maximum atomic E-state index is 11.6. The van der Waals surface area contributed by atoms with Gasteiger partial charge in [0.05, 0.1) is 11.0 Å². The molecule has 1 aromatic carbocycles. The lowest BCUT2D eigenvalue weighted by molar-refractivity contribution is -0.384. The van der Waals surface area contributed by atoms with Gasteiger partial charge in [-0.2, -0.15) is 0 Å². The number of nitro benzene ring substituents is 1. The predicted octanol–water partition coefficient (Wildman–Crippen LogP) is 1.50. The van der Waals surface area contributed by atoms with E-state index in [9.17, 15) is 14.9 Å². The molecule has 1 rings (SSSR count). The second-order valence-electron chi connectivity index (χ2n) is 4.63. The van der Waals surface area contributed by atoms with Crippen LogP contribution >= 0.6 is 0 Å². The highest BCUT2D eigenvalue weighted by Gasteiger charge is 2.10. The van der Waals surface area contributed by atoms with Crippen molar-refractivity contribution in [3.05, 3.63) is 34.4 Å². The van der Waals surface area contributed by atoms with Crippen molar-refractivity contribution in [3.8, 4) is 5.75 Å². The molecule has 1 atom stereocenters. The second-order valence-corrected chi connectivity index (χ2v) is 4.63. The summed E-state index contributed by atoms with van der Waals surface area (Å²) in [6, 6.07) is 5.68. The minimum absolute atomic E-state index is 0.0816. The summed E-state index contributed by atoms with van der Waals surface area (Å²) < 4.78 is 5.22. The topological polar surface area (TPSA) is 102 Å². The van der Waals surface area contributed by atoms with Crippen molar-refractivity contribution in [2.24, 2.45) is 5.92 Å². The number of amides is 1. The number of hydrogen-bond acceptors (Lipinski definition) is 5. The van der Waals surface area contributed by atoms with Crippen LogP contribution in [0.4, 0.5) is 5.69 Å². The lowest BCUT2D eigenvalue weighted by atomic mass is 10.0. The lowest BCUT2D eigenvalue weighted by Gasteiger charge is -2.14. The Balaban J connectivity index is 2.39. The van der Waals surface area contributed by atoms with E-state index in [-0.39, 0.29) is 36.5 Å². The number of nitro groups is 1. The smallest absolute Gasteiger partial charge is 0.273 e. The molecule has 7 nitrogen and oxygen atoms in total. The van der Waals surface area contributed by atoms with Gasteiger partial charge < -0.3 is 15.2 Å². The number of aliphatic hydroxyl groups is 1. The van der Waals surface area contributed by atoms with Crippen molar-refractivity contribution in [2.75, 3.05) is 19.8 Å². The van der Waals surface area contributed by atoms with Crippen LogP contribution in [0.25, 0.3) is 0 Å². The summed E-state index contributed by atoms with van der Waals surface area (Å²) in [5.74, 6) is 0.219. The molecule has 0 saturated carbocycles. The van der Waals surface area contributed by atoms with Crippen LogP contribution in [-0.2, 0) is 4.79 Å². The monoisotopic (exact) mass is 296 g/mol. The Labute approximate surface area is 123 Å². The van der Waals surface area contributed by atoms with Gasteiger partial charge >= 0.3 is 0 Å². The van der Waals surface area contributed by atoms with Crippen molar-refractivity contribution in [1.29, 1.82) is 0 Å². The van der Waals surface area contributed by atoms with Gasteiger partial charge in [0, 0.05) is 19.2 Å². The molecule has 0 aliphatic rings. The number of carbonyl (C=O) groups excluding carboxylic acids is 1. The van der Waals surface area contributed by atoms with Gasteiger partial charge in [0.1, 0.15) is 5.75 Å². The van der Waals surface area contributed by atoms with Crippen molar-refractivity contribution in [2.45, 2.75) is 19.8 Å². The van der Waals surface area contributed by atoms with Crippen molar-refractivity contribution >= 4 is 11.6 Å². The average Bonchev–Trinajstić information content (AvgIpc) is 2.49.